The van der Waals surface area contributed by atoms with Crippen LogP contribution in [0.15, 0.2) is 53.0 Å². The van der Waals surface area contributed by atoms with Gasteiger partial charge in [0.25, 0.3) is 5.91 Å². The fourth-order valence-electron chi connectivity index (χ4n) is 2.56. The third kappa shape index (κ3) is 6.55. The SMILES string of the molecule is CSCCC(NC(=O)c1ccccc1Br)C(=O)NC(C)c1cccc(Cl)c1. The highest BCUT2D eigenvalue weighted by molar-refractivity contribution is 9.10. The van der Waals surface area contributed by atoms with E-state index in [1.807, 2.05) is 37.4 Å². The Morgan fingerprint density at radius 3 is 2.56 bits per heavy atom. The third-order valence-electron chi connectivity index (χ3n) is 4.06. The summed E-state index contributed by atoms with van der Waals surface area (Å²) in [6, 6.07) is 13.7. The van der Waals surface area contributed by atoms with E-state index >= 15 is 0 Å². The summed E-state index contributed by atoms with van der Waals surface area (Å²) in [6.07, 6.45) is 2.52. The first-order valence-corrected chi connectivity index (χ1v) is 11.1. The van der Waals surface area contributed by atoms with Gasteiger partial charge in [0.1, 0.15) is 6.04 Å². The van der Waals surface area contributed by atoms with Crippen LogP contribution in [-0.4, -0.2) is 29.9 Å². The average Bonchev–Trinajstić information content (AvgIpc) is 2.65. The van der Waals surface area contributed by atoms with E-state index in [1.165, 1.54) is 0 Å². The van der Waals surface area contributed by atoms with Crippen molar-refractivity contribution in [3.63, 3.8) is 0 Å². The number of nitrogens with one attached hydrogen (secondary N) is 2. The number of carbonyl (C=O) groups excluding carboxylic acids is 2. The normalized spacial score (nSPS) is 12.9. The molecule has 2 amide bonds. The molecule has 0 aromatic heterocycles. The molecular weight excluding hydrogens is 448 g/mol. The Labute approximate surface area is 177 Å². The van der Waals surface area contributed by atoms with Gasteiger partial charge >= 0.3 is 0 Å². The monoisotopic (exact) mass is 468 g/mol. The lowest BCUT2D eigenvalue weighted by Gasteiger charge is -2.22. The van der Waals surface area contributed by atoms with Crippen molar-refractivity contribution in [1.29, 1.82) is 0 Å². The molecule has 0 fully saturated rings. The Morgan fingerprint density at radius 1 is 1.15 bits per heavy atom. The maximum atomic E-state index is 12.8. The third-order valence-corrected chi connectivity index (χ3v) is 5.63. The van der Waals surface area contributed by atoms with Crippen LogP contribution < -0.4 is 10.6 Å². The first-order chi connectivity index (χ1) is 12.9. The minimum atomic E-state index is -0.612. The lowest BCUT2D eigenvalue weighted by atomic mass is 10.1. The molecule has 0 heterocycles. The molecule has 2 aromatic carbocycles. The van der Waals surface area contributed by atoms with Gasteiger partial charge < -0.3 is 10.6 Å². The van der Waals surface area contributed by atoms with E-state index in [2.05, 4.69) is 26.6 Å². The quantitative estimate of drug-likeness (QED) is 0.582. The fraction of sp³-hybridized carbons (Fsp3) is 0.300. The van der Waals surface area contributed by atoms with Crippen molar-refractivity contribution >= 4 is 51.1 Å². The number of carbonyl (C=O) groups is 2. The van der Waals surface area contributed by atoms with Crippen LogP contribution in [0, 0.1) is 0 Å². The number of rotatable bonds is 8. The van der Waals surface area contributed by atoms with Gasteiger partial charge in [0, 0.05) is 9.50 Å². The highest BCUT2D eigenvalue weighted by atomic mass is 79.9. The van der Waals surface area contributed by atoms with E-state index < -0.39 is 6.04 Å². The van der Waals surface area contributed by atoms with E-state index in [4.69, 9.17) is 11.6 Å². The molecule has 2 aromatic rings. The van der Waals surface area contributed by atoms with Crippen LogP contribution in [0.4, 0.5) is 0 Å². The van der Waals surface area contributed by atoms with E-state index in [-0.39, 0.29) is 17.9 Å². The topological polar surface area (TPSA) is 58.2 Å². The van der Waals surface area contributed by atoms with E-state index in [0.29, 0.717) is 21.5 Å². The van der Waals surface area contributed by atoms with Gasteiger partial charge in [-0.1, -0.05) is 35.9 Å². The van der Waals surface area contributed by atoms with Gasteiger partial charge in [-0.25, -0.2) is 0 Å². The van der Waals surface area contributed by atoms with Crippen LogP contribution in [0.2, 0.25) is 5.02 Å². The van der Waals surface area contributed by atoms with Crippen molar-refractivity contribution in [1.82, 2.24) is 10.6 Å². The zero-order valence-corrected chi connectivity index (χ0v) is 18.3. The zero-order valence-electron chi connectivity index (χ0n) is 15.2. The molecule has 0 spiro atoms. The molecular formula is C20H22BrClN2O2S. The molecule has 2 N–H and O–H groups in total. The summed E-state index contributed by atoms with van der Waals surface area (Å²) < 4.78 is 0.693. The molecule has 2 rings (SSSR count). The molecule has 4 nitrogen and oxygen atoms in total. The Balaban J connectivity index is 2.09. The Hall–Kier alpha value is -1.50. The number of thioether (sulfide) groups is 1. The molecule has 0 saturated heterocycles. The summed E-state index contributed by atoms with van der Waals surface area (Å²) in [6.45, 7) is 1.89. The van der Waals surface area contributed by atoms with Gasteiger partial charge in [0.15, 0.2) is 0 Å². The summed E-state index contributed by atoms with van der Waals surface area (Å²) >= 11 is 11.0. The van der Waals surface area contributed by atoms with Gasteiger partial charge in [-0.15, -0.1) is 0 Å². The van der Waals surface area contributed by atoms with E-state index in [9.17, 15) is 9.59 Å². The molecule has 0 radical (unpaired) electrons. The van der Waals surface area contributed by atoms with Crippen molar-refractivity contribution in [2.24, 2.45) is 0 Å². The molecule has 0 aliphatic heterocycles. The maximum Gasteiger partial charge on any atom is 0.253 e. The van der Waals surface area contributed by atoms with Crippen LogP contribution >= 0.6 is 39.3 Å². The van der Waals surface area contributed by atoms with E-state index in [0.717, 1.165) is 11.3 Å². The fourth-order valence-corrected chi connectivity index (χ4v) is 3.69. The molecule has 2 atom stereocenters. The zero-order chi connectivity index (χ0) is 19.8. The molecule has 0 aliphatic carbocycles. The first-order valence-electron chi connectivity index (χ1n) is 8.52. The highest BCUT2D eigenvalue weighted by Gasteiger charge is 2.23. The molecule has 27 heavy (non-hydrogen) atoms. The predicted octanol–water partition coefficient (Wildman–Crippen LogP) is 4.83. The van der Waals surface area contributed by atoms with Crippen LogP contribution in [0.25, 0.3) is 0 Å². The molecule has 0 saturated carbocycles. The Morgan fingerprint density at radius 2 is 1.89 bits per heavy atom. The van der Waals surface area contributed by atoms with Crippen molar-refractivity contribution in [2.75, 3.05) is 12.0 Å². The number of hydrogen-bond donors (Lipinski definition) is 2. The summed E-state index contributed by atoms with van der Waals surface area (Å²) in [5.41, 5.74) is 1.42. The Bertz CT molecular complexity index is 803. The van der Waals surface area contributed by atoms with Crippen LogP contribution in [-0.2, 0) is 4.79 Å². The van der Waals surface area contributed by atoms with Crippen molar-refractivity contribution in [3.05, 3.63) is 69.2 Å². The number of hydrogen-bond acceptors (Lipinski definition) is 3. The van der Waals surface area contributed by atoms with Crippen LogP contribution in [0.1, 0.15) is 35.3 Å². The number of benzene rings is 2. The van der Waals surface area contributed by atoms with Crippen molar-refractivity contribution < 1.29 is 9.59 Å². The van der Waals surface area contributed by atoms with Gasteiger partial charge in [-0.05, 0) is 71.1 Å². The molecule has 0 bridgehead atoms. The highest BCUT2D eigenvalue weighted by Crippen LogP contribution is 2.18. The predicted molar refractivity (Wildman–Crippen MR) is 116 cm³/mol. The standard InChI is InChI=1S/C20H22BrClN2O2S/c1-13(14-6-5-7-15(22)12-14)23-20(26)18(10-11-27-2)24-19(25)16-8-3-4-9-17(16)21/h3-9,12-13,18H,10-11H2,1-2H3,(H,23,26)(H,24,25). The lowest BCUT2D eigenvalue weighted by Crippen LogP contribution is -2.47. The summed E-state index contributed by atoms with van der Waals surface area (Å²) in [5.74, 6) is 0.274. The second-order valence-electron chi connectivity index (χ2n) is 6.07. The smallest absolute Gasteiger partial charge is 0.253 e. The summed E-state index contributed by atoms with van der Waals surface area (Å²) in [5, 5.41) is 6.45. The molecule has 7 heteroatoms. The van der Waals surface area contributed by atoms with Gasteiger partial charge in [0.2, 0.25) is 5.91 Å². The van der Waals surface area contributed by atoms with Gasteiger partial charge in [-0.3, -0.25) is 9.59 Å². The minimum absolute atomic E-state index is 0.211. The minimum Gasteiger partial charge on any atom is -0.348 e. The number of halogens is 2. The van der Waals surface area contributed by atoms with Gasteiger partial charge in [-0.2, -0.15) is 11.8 Å². The van der Waals surface area contributed by atoms with Crippen molar-refractivity contribution in [2.45, 2.75) is 25.4 Å². The Kier molecular flexibility index (Phi) is 8.67. The molecule has 2 unspecified atom stereocenters. The first kappa shape index (κ1) is 21.8. The molecule has 0 aliphatic rings. The second kappa shape index (κ2) is 10.7. The largest absolute Gasteiger partial charge is 0.348 e. The van der Waals surface area contributed by atoms with Crippen molar-refractivity contribution in [3.8, 4) is 0 Å². The summed E-state index contributed by atoms with van der Waals surface area (Å²) in [4.78, 5) is 25.4. The summed E-state index contributed by atoms with van der Waals surface area (Å²) in [7, 11) is 0. The van der Waals surface area contributed by atoms with Gasteiger partial charge in [0.05, 0.1) is 11.6 Å². The number of amides is 2. The average molecular weight is 470 g/mol. The van der Waals surface area contributed by atoms with Crippen LogP contribution in [0.5, 0.6) is 0 Å². The van der Waals surface area contributed by atoms with E-state index in [1.54, 1.807) is 36.0 Å². The van der Waals surface area contributed by atoms with Crippen LogP contribution in [0.3, 0.4) is 0 Å². The molecule has 144 valence electrons. The second-order valence-corrected chi connectivity index (χ2v) is 8.35. The maximum absolute atomic E-state index is 12.8. The lowest BCUT2D eigenvalue weighted by molar-refractivity contribution is -0.123.